The fourth-order valence-corrected chi connectivity index (χ4v) is 5.61. The number of amides is 1. The number of halogens is 2. The lowest BCUT2D eigenvalue weighted by Crippen LogP contribution is -2.54. The number of aromatic nitrogens is 4. The Morgan fingerprint density at radius 2 is 1.88 bits per heavy atom. The number of carbonyl (C=O) groups excluding carboxylic acids is 1. The molecule has 1 aliphatic heterocycles. The molecule has 5 aromatic rings. The summed E-state index contributed by atoms with van der Waals surface area (Å²) >= 11 is 0. The van der Waals surface area contributed by atoms with Gasteiger partial charge in [0.15, 0.2) is 22.9 Å². The molecule has 1 aliphatic rings. The first-order chi connectivity index (χ1) is 19.6. The Balaban J connectivity index is 1.68. The van der Waals surface area contributed by atoms with Gasteiger partial charge in [-0.25, -0.2) is 23.1 Å². The van der Waals surface area contributed by atoms with Crippen LogP contribution in [0.2, 0.25) is 0 Å². The van der Waals surface area contributed by atoms with E-state index < -0.39 is 17.3 Å². The molecule has 0 bridgehead atoms. The summed E-state index contributed by atoms with van der Waals surface area (Å²) in [6, 6.07) is 5.38. The molecular formula is C30H28F2N6O3. The van der Waals surface area contributed by atoms with Crippen LogP contribution in [0.4, 0.5) is 14.6 Å². The molecule has 1 fully saturated rings. The van der Waals surface area contributed by atoms with Crippen LogP contribution in [-0.4, -0.2) is 56.0 Å². The predicted octanol–water partition coefficient (Wildman–Crippen LogP) is 5.01. The molecule has 0 radical (unpaired) electrons. The van der Waals surface area contributed by atoms with Crippen molar-refractivity contribution in [2.45, 2.75) is 39.7 Å². The molecule has 1 saturated heterocycles. The van der Waals surface area contributed by atoms with Gasteiger partial charge in [0.25, 0.3) is 0 Å². The van der Waals surface area contributed by atoms with Crippen LogP contribution in [0.15, 0.2) is 52.3 Å². The molecule has 6 rings (SSSR count). The third kappa shape index (κ3) is 4.23. The van der Waals surface area contributed by atoms with E-state index in [4.69, 9.17) is 9.40 Å². The molecule has 41 heavy (non-hydrogen) atoms. The van der Waals surface area contributed by atoms with E-state index in [0.29, 0.717) is 53.3 Å². The fraction of sp³-hybridized carbons (Fsp3) is 0.300. The highest BCUT2D eigenvalue weighted by molar-refractivity contribution is 6.07. The van der Waals surface area contributed by atoms with Gasteiger partial charge in [0, 0.05) is 43.3 Å². The minimum atomic E-state index is -1.03. The molecule has 0 aliphatic carbocycles. The average Bonchev–Trinajstić information content (AvgIpc) is 3.27. The monoisotopic (exact) mass is 558 g/mol. The summed E-state index contributed by atoms with van der Waals surface area (Å²) in [5, 5.41) is 0.806. The third-order valence-corrected chi connectivity index (χ3v) is 7.62. The number of pyridine rings is 2. The van der Waals surface area contributed by atoms with Gasteiger partial charge >= 0.3 is 5.69 Å². The zero-order valence-corrected chi connectivity index (χ0v) is 23.1. The zero-order chi connectivity index (χ0) is 29.2. The topological polar surface area (TPSA) is 97.4 Å². The number of anilines is 1. The number of benzene rings is 1. The predicted molar refractivity (Wildman–Crippen MR) is 153 cm³/mol. The summed E-state index contributed by atoms with van der Waals surface area (Å²) in [4.78, 5) is 43.8. The van der Waals surface area contributed by atoms with Gasteiger partial charge in [0.05, 0.1) is 16.8 Å². The van der Waals surface area contributed by atoms with Crippen LogP contribution in [0, 0.1) is 18.6 Å². The number of nitrogens with zero attached hydrogens (tertiary/aromatic N) is 6. The average molecular weight is 559 g/mol. The smallest absolute Gasteiger partial charge is 0.355 e. The molecule has 0 saturated carbocycles. The summed E-state index contributed by atoms with van der Waals surface area (Å²) in [6.07, 6.45) is 2.98. The summed E-state index contributed by atoms with van der Waals surface area (Å²) in [6.45, 7) is 12.6. The molecule has 11 heteroatoms. The van der Waals surface area contributed by atoms with Gasteiger partial charge in [-0.1, -0.05) is 20.4 Å². The molecule has 4 aromatic heterocycles. The van der Waals surface area contributed by atoms with E-state index in [9.17, 15) is 18.4 Å². The van der Waals surface area contributed by atoms with Crippen LogP contribution in [0.3, 0.4) is 0 Å². The molecule has 0 N–H and O–H groups in total. The van der Waals surface area contributed by atoms with E-state index in [0.717, 1.165) is 17.7 Å². The lowest BCUT2D eigenvalue weighted by molar-refractivity contribution is -0.126. The maximum atomic E-state index is 14.3. The first kappa shape index (κ1) is 26.5. The highest BCUT2D eigenvalue weighted by Gasteiger charge is 2.30. The van der Waals surface area contributed by atoms with Gasteiger partial charge in [-0.2, -0.15) is 4.98 Å². The van der Waals surface area contributed by atoms with Crippen LogP contribution in [0.1, 0.15) is 37.9 Å². The van der Waals surface area contributed by atoms with E-state index in [1.165, 1.54) is 10.6 Å². The highest BCUT2D eigenvalue weighted by Crippen LogP contribution is 2.36. The Hall–Kier alpha value is -4.67. The van der Waals surface area contributed by atoms with E-state index in [-0.39, 0.29) is 34.5 Å². The van der Waals surface area contributed by atoms with Crippen LogP contribution < -0.4 is 10.6 Å². The number of piperazine rings is 1. The Morgan fingerprint density at radius 3 is 2.59 bits per heavy atom. The number of furan rings is 1. The van der Waals surface area contributed by atoms with Crippen LogP contribution >= 0.6 is 0 Å². The highest BCUT2D eigenvalue weighted by atomic mass is 19.2. The van der Waals surface area contributed by atoms with E-state index >= 15 is 0 Å². The molecule has 9 nitrogen and oxygen atoms in total. The number of fused-ring (bicyclic) bond motifs is 4. The molecule has 5 heterocycles. The summed E-state index contributed by atoms with van der Waals surface area (Å²) in [5.74, 6) is -1.85. The van der Waals surface area contributed by atoms with Gasteiger partial charge < -0.3 is 14.2 Å². The number of rotatable bonds is 4. The molecule has 1 amide bonds. The maximum absolute atomic E-state index is 14.3. The van der Waals surface area contributed by atoms with Crippen molar-refractivity contribution in [2.24, 2.45) is 0 Å². The minimum Gasteiger partial charge on any atom is -0.454 e. The lowest BCUT2D eigenvalue weighted by Gasteiger charge is -2.40. The fourth-order valence-electron chi connectivity index (χ4n) is 5.61. The maximum Gasteiger partial charge on any atom is 0.355 e. The third-order valence-electron chi connectivity index (χ3n) is 7.62. The Kier molecular flexibility index (Phi) is 6.32. The van der Waals surface area contributed by atoms with Crippen molar-refractivity contribution in [3.8, 4) is 5.69 Å². The molecule has 1 atom stereocenters. The second-order valence-corrected chi connectivity index (χ2v) is 10.7. The minimum absolute atomic E-state index is 0.0161. The largest absolute Gasteiger partial charge is 0.454 e. The molecular weight excluding hydrogens is 530 g/mol. The van der Waals surface area contributed by atoms with Crippen molar-refractivity contribution in [1.29, 1.82) is 0 Å². The molecule has 0 spiro atoms. The van der Waals surface area contributed by atoms with Crippen LogP contribution in [-0.2, 0) is 4.79 Å². The summed E-state index contributed by atoms with van der Waals surface area (Å²) in [7, 11) is 0. The van der Waals surface area contributed by atoms with Gasteiger partial charge in [0.1, 0.15) is 16.9 Å². The van der Waals surface area contributed by atoms with Crippen molar-refractivity contribution < 1.29 is 18.0 Å². The van der Waals surface area contributed by atoms with Gasteiger partial charge in [0.2, 0.25) is 5.91 Å². The molecule has 210 valence electrons. The summed E-state index contributed by atoms with van der Waals surface area (Å²) in [5.41, 5.74) is 2.52. The van der Waals surface area contributed by atoms with E-state index in [1.54, 1.807) is 17.2 Å². The quantitative estimate of drug-likeness (QED) is 0.286. The molecule has 0 unspecified atom stereocenters. The second kappa shape index (κ2) is 9.76. The first-order valence-electron chi connectivity index (χ1n) is 13.4. The van der Waals surface area contributed by atoms with Crippen molar-refractivity contribution >= 4 is 44.8 Å². The van der Waals surface area contributed by atoms with Gasteiger partial charge in [-0.3, -0.25) is 9.78 Å². The van der Waals surface area contributed by atoms with Gasteiger partial charge in [-0.15, -0.1) is 0 Å². The number of hydrogen-bond donors (Lipinski definition) is 0. The standard InChI is InChI=1S/C30H28F2N6O3/c1-6-24(39)36-9-10-37(17(5)14-36)28-19-12-23-26(18-11-20(31)21(32)13-22(18)41-23)34-29(19)38(30(40)35-28)27-16(4)7-8-33-25(27)15(2)3/h6-8,11-13,15,17H,1,9-10,14H2,2-5H3/t17-/m0/s1. The Labute approximate surface area is 233 Å². The van der Waals surface area contributed by atoms with Crippen molar-refractivity contribution in [1.82, 2.24) is 24.4 Å². The Morgan fingerprint density at radius 1 is 1.12 bits per heavy atom. The van der Waals surface area contributed by atoms with E-state index in [1.807, 2.05) is 38.7 Å². The number of carbonyl (C=O) groups is 1. The zero-order valence-electron chi connectivity index (χ0n) is 23.1. The Bertz CT molecular complexity index is 1950. The SMILES string of the molecule is C=CC(=O)N1CCN(c2nc(=O)n(-c3c(C)ccnc3C(C)C)c3nc4c(cc23)oc2cc(F)c(F)cc24)[C@@H](C)C1. The first-order valence-corrected chi connectivity index (χ1v) is 13.4. The van der Waals surface area contributed by atoms with Crippen molar-refractivity contribution in [3.05, 3.63) is 76.5 Å². The van der Waals surface area contributed by atoms with Crippen LogP contribution in [0.5, 0.6) is 0 Å². The second-order valence-electron chi connectivity index (χ2n) is 10.7. The van der Waals surface area contributed by atoms with Gasteiger partial charge in [-0.05, 0) is 49.6 Å². The van der Waals surface area contributed by atoms with Crippen LogP contribution in [0.25, 0.3) is 38.8 Å². The normalized spacial score (nSPS) is 15.9. The molecule has 1 aromatic carbocycles. The summed E-state index contributed by atoms with van der Waals surface area (Å²) < 4.78 is 35.7. The number of hydrogen-bond acceptors (Lipinski definition) is 7. The van der Waals surface area contributed by atoms with Crippen molar-refractivity contribution in [2.75, 3.05) is 24.5 Å². The number of aryl methyl sites for hydroxylation is 1. The van der Waals surface area contributed by atoms with E-state index in [2.05, 4.69) is 16.5 Å². The lowest BCUT2D eigenvalue weighted by atomic mass is 10.0. The van der Waals surface area contributed by atoms with Crippen molar-refractivity contribution in [3.63, 3.8) is 0 Å².